The summed E-state index contributed by atoms with van der Waals surface area (Å²) in [5.74, 6) is -0.871. The van der Waals surface area contributed by atoms with Gasteiger partial charge in [-0.15, -0.1) is 0 Å². The maximum Gasteiger partial charge on any atom is 0.306 e. The van der Waals surface area contributed by atoms with Crippen LogP contribution >= 0.6 is 0 Å². The molecule has 0 aromatic carbocycles. The van der Waals surface area contributed by atoms with E-state index in [0.29, 0.717) is 19.3 Å². The van der Waals surface area contributed by atoms with Gasteiger partial charge in [0.2, 0.25) is 0 Å². The van der Waals surface area contributed by atoms with Crippen molar-refractivity contribution >= 4 is 17.9 Å². The van der Waals surface area contributed by atoms with E-state index in [2.05, 4.69) is 81.5 Å². The van der Waals surface area contributed by atoms with Crippen LogP contribution in [0.1, 0.15) is 342 Å². The van der Waals surface area contributed by atoms with Gasteiger partial charge in [0.1, 0.15) is 13.2 Å². The second kappa shape index (κ2) is 63.6. The summed E-state index contributed by atoms with van der Waals surface area (Å²) in [6, 6.07) is 0. The highest BCUT2D eigenvalue weighted by Gasteiger charge is 2.19. The Morgan fingerprint density at radius 1 is 0.280 bits per heavy atom. The van der Waals surface area contributed by atoms with Gasteiger partial charge in [0.15, 0.2) is 6.10 Å². The van der Waals surface area contributed by atoms with E-state index >= 15 is 0 Å². The monoisotopic (exact) mass is 1050 g/mol. The Bertz CT molecular complexity index is 1340. The van der Waals surface area contributed by atoms with E-state index < -0.39 is 6.10 Å². The molecule has 436 valence electrons. The summed E-state index contributed by atoms with van der Waals surface area (Å²) in [4.78, 5) is 38.4. The maximum atomic E-state index is 12.9. The van der Waals surface area contributed by atoms with Crippen LogP contribution in [0.3, 0.4) is 0 Å². The fourth-order valence-electron chi connectivity index (χ4n) is 9.65. The van der Waals surface area contributed by atoms with Crippen molar-refractivity contribution in [2.75, 3.05) is 13.2 Å². The number of hydrogen-bond donors (Lipinski definition) is 0. The van der Waals surface area contributed by atoms with Crippen LogP contribution in [0.15, 0.2) is 60.8 Å². The molecule has 0 aromatic heterocycles. The van der Waals surface area contributed by atoms with E-state index in [-0.39, 0.29) is 31.1 Å². The molecule has 0 saturated heterocycles. The first kappa shape index (κ1) is 72.1. The summed E-state index contributed by atoms with van der Waals surface area (Å²) in [7, 11) is 0. The SMILES string of the molecule is CC/C=C\C/C=C\C/C=C\C/C=C\C/C=C\CCCCCCCC(=O)OCC(COC(=O)CCCCCCCCCCCCCCCCCCCC)OC(=O)CCCCCCCCCCCCCCCCCCCC. The molecule has 0 radical (unpaired) electrons. The van der Waals surface area contributed by atoms with Crippen molar-refractivity contribution in [2.24, 2.45) is 0 Å². The molecule has 6 nitrogen and oxygen atoms in total. The molecule has 0 aliphatic carbocycles. The molecule has 0 amide bonds. The molecule has 0 aliphatic rings. The number of allylic oxidation sites excluding steroid dienone is 10. The normalized spacial score (nSPS) is 12.4. The van der Waals surface area contributed by atoms with Gasteiger partial charge in [-0.05, 0) is 64.2 Å². The number of unbranched alkanes of at least 4 members (excludes halogenated alkanes) is 39. The third-order valence-corrected chi connectivity index (χ3v) is 14.5. The lowest BCUT2D eigenvalue weighted by molar-refractivity contribution is -0.167. The van der Waals surface area contributed by atoms with Gasteiger partial charge in [0.05, 0.1) is 0 Å². The largest absolute Gasteiger partial charge is 0.462 e. The summed E-state index contributed by atoms with van der Waals surface area (Å²) in [6.07, 6.45) is 80.8. The van der Waals surface area contributed by atoms with Crippen molar-refractivity contribution in [2.45, 2.75) is 348 Å². The standard InChI is InChI=1S/C69H124O6/c1-4-7-10-13-16-19-22-25-28-31-34-35-36-39-41-44-47-50-53-56-59-62-68(71)74-65-66(75-69(72)63-60-57-54-51-48-45-42-38-33-30-27-24-21-18-15-12-9-6-3)64-73-67(70)61-58-55-52-49-46-43-40-37-32-29-26-23-20-17-14-11-8-5-2/h7,10,16,19,25,28,34-35,39,41,66H,4-6,8-9,11-15,17-18,20-24,26-27,29-33,36-38,40,42-65H2,1-3H3/b10-7-,19-16-,28-25-,35-34-,41-39-. The van der Waals surface area contributed by atoms with Crippen LogP contribution in [0.4, 0.5) is 0 Å². The number of hydrogen-bond acceptors (Lipinski definition) is 6. The van der Waals surface area contributed by atoms with Gasteiger partial charge in [0.25, 0.3) is 0 Å². The molecule has 0 aliphatic heterocycles. The minimum Gasteiger partial charge on any atom is -0.462 e. The molecule has 0 spiro atoms. The molecule has 0 bridgehead atoms. The molecule has 0 heterocycles. The van der Waals surface area contributed by atoms with Crippen molar-refractivity contribution in [3.05, 3.63) is 60.8 Å². The van der Waals surface area contributed by atoms with E-state index in [1.807, 2.05) is 0 Å². The summed E-state index contributed by atoms with van der Waals surface area (Å²) in [5.41, 5.74) is 0. The highest BCUT2D eigenvalue weighted by molar-refractivity contribution is 5.71. The topological polar surface area (TPSA) is 78.9 Å². The zero-order valence-corrected chi connectivity index (χ0v) is 50.1. The Hall–Kier alpha value is -2.89. The van der Waals surface area contributed by atoms with E-state index in [1.54, 1.807) is 0 Å². The molecule has 6 heteroatoms. The van der Waals surface area contributed by atoms with Crippen LogP contribution in [0, 0.1) is 0 Å². The first-order valence-electron chi connectivity index (χ1n) is 32.8. The zero-order chi connectivity index (χ0) is 54.3. The lowest BCUT2D eigenvalue weighted by Gasteiger charge is -2.18. The van der Waals surface area contributed by atoms with Crippen molar-refractivity contribution in [1.29, 1.82) is 0 Å². The van der Waals surface area contributed by atoms with Gasteiger partial charge in [0, 0.05) is 19.3 Å². The molecular weight excluding hydrogens is 925 g/mol. The number of carbonyl (C=O) groups excluding carboxylic acids is 3. The Morgan fingerprint density at radius 2 is 0.520 bits per heavy atom. The van der Waals surface area contributed by atoms with Crippen LogP contribution < -0.4 is 0 Å². The van der Waals surface area contributed by atoms with Crippen LogP contribution in [-0.4, -0.2) is 37.2 Å². The van der Waals surface area contributed by atoms with Crippen molar-refractivity contribution < 1.29 is 28.6 Å². The molecule has 1 unspecified atom stereocenters. The van der Waals surface area contributed by atoms with Gasteiger partial charge in [-0.25, -0.2) is 0 Å². The van der Waals surface area contributed by atoms with E-state index in [1.165, 1.54) is 193 Å². The molecule has 1 atom stereocenters. The minimum atomic E-state index is -0.780. The first-order valence-corrected chi connectivity index (χ1v) is 32.8. The van der Waals surface area contributed by atoms with Crippen LogP contribution in [0.2, 0.25) is 0 Å². The summed E-state index contributed by atoms with van der Waals surface area (Å²) >= 11 is 0. The minimum absolute atomic E-state index is 0.0755. The highest BCUT2D eigenvalue weighted by Crippen LogP contribution is 2.18. The molecule has 75 heavy (non-hydrogen) atoms. The Labute approximate surface area is 466 Å². The number of rotatable bonds is 60. The molecule has 0 aromatic rings. The second-order valence-electron chi connectivity index (χ2n) is 22.0. The predicted octanol–water partition coefficient (Wildman–Crippen LogP) is 22.3. The smallest absolute Gasteiger partial charge is 0.306 e. The predicted molar refractivity (Wildman–Crippen MR) is 325 cm³/mol. The van der Waals surface area contributed by atoms with E-state index in [4.69, 9.17) is 14.2 Å². The quantitative estimate of drug-likeness (QED) is 0.0261. The number of esters is 3. The number of carbonyl (C=O) groups is 3. The lowest BCUT2D eigenvalue weighted by Crippen LogP contribution is -2.30. The fourth-order valence-corrected chi connectivity index (χ4v) is 9.65. The van der Waals surface area contributed by atoms with Crippen LogP contribution in [0.25, 0.3) is 0 Å². The molecule has 0 saturated carbocycles. The summed E-state index contributed by atoms with van der Waals surface area (Å²) in [6.45, 7) is 6.57. The number of ether oxygens (including phenoxy) is 3. The average molecular weight is 1050 g/mol. The van der Waals surface area contributed by atoms with Crippen molar-refractivity contribution in [1.82, 2.24) is 0 Å². The van der Waals surface area contributed by atoms with Gasteiger partial charge < -0.3 is 14.2 Å². The first-order chi connectivity index (χ1) is 37.0. The van der Waals surface area contributed by atoms with Crippen LogP contribution in [0.5, 0.6) is 0 Å². The highest BCUT2D eigenvalue weighted by atomic mass is 16.6. The van der Waals surface area contributed by atoms with Crippen molar-refractivity contribution in [3.8, 4) is 0 Å². The molecule has 0 fully saturated rings. The zero-order valence-electron chi connectivity index (χ0n) is 50.1. The third-order valence-electron chi connectivity index (χ3n) is 14.5. The van der Waals surface area contributed by atoms with Gasteiger partial charge in [-0.1, -0.05) is 319 Å². The Kier molecular flexibility index (Phi) is 61.2. The lowest BCUT2D eigenvalue weighted by atomic mass is 10.0. The summed E-state index contributed by atoms with van der Waals surface area (Å²) < 4.78 is 17.0. The van der Waals surface area contributed by atoms with Gasteiger partial charge in [-0.2, -0.15) is 0 Å². The van der Waals surface area contributed by atoms with E-state index in [9.17, 15) is 14.4 Å². The Morgan fingerprint density at radius 3 is 0.813 bits per heavy atom. The van der Waals surface area contributed by atoms with E-state index in [0.717, 1.165) is 109 Å². The third kappa shape index (κ3) is 61.8. The average Bonchev–Trinajstić information content (AvgIpc) is 3.41. The fraction of sp³-hybridized carbons (Fsp3) is 0.812. The van der Waals surface area contributed by atoms with Crippen LogP contribution in [-0.2, 0) is 28.6 Å². The van der Waals surface area contributed by atoms with Gasteiger partial charge >= 0.3 is 17.9 Å². The van der Waals surface area contributed by atoms with Crippen molar-refractivity contribution in [3.63, 3.8) is 0 Å². The van der Waals surface area contributed by atoms with Gasteiger partial charge in [-0.3, -0.25) is 14.4 Å². The molecule has 0 rings (SSSR count). The summed E-state index contributed by atoms with van der Waals surface area (Å²) in [5, 5.41) is 0. The Balaban J connectivity index is 4.37. The maximum absolute atomic E-state index is 12.9. The molecule has 0 N–H and O–H groups in total. The second-order valence-corrected chi connectivity index (χ2v) is 22.0. The molecular formula is C69H124O6.